The zero-order chi connectivity index (χ0) is 10.3. The summed E-state index contributed by atoms with van der Waals surface area (Å²) in [6.07, 6.45) is 4.68. The monoisotopic (exact) mass is 193 g/mol. The van der Waals surface area contributed by atoms with Crippen LogP contribution in [-0.2, 0) is 9.59 Å². The lowest BCUT2D eigenvalue weighted by Gasteiger charge is -2.25. The molecule has 1 saturated carbocycles. The minimum absolute atomic E-state index is 0.0891. The van der Waals surface area contributed by atoms with Gasteiger partial charge >= 0.3 is 0 Å². The van der Waals surface area contributed by atoms with Gasteiger partial charge in [0, 0.05) is 17.7 Å². The van der Waals surface area contributed by atoms with Gasteiger partial charge in [-0.3, -0.25) is 14.5 Å². The first-order valence-electron chi connectivity index (χ1n) is 5.17. The van der Waals surface area contributed by atoms with Gasteiger partial charge in [0.1, 0.15) is 0 Å². The highest BCUT2D eigenvalue weighted by molar-refractivity contribution is 6.16. The molecule has 1 fully saturated rings. The highest BCUT2D eigenvalue weighted by atomic mass is 16.2. The molecule has 0 aromatic heterocycles. The van der Waals surface area contributed by atoms with Crippen LogP contribution in [0.4, 0.5) is 0 Å². The lowest BCUT2D eigenvalue weighted by atomic mass is 10.1. The molecule has 2 atom stereocenters. The molecular formula is C11H15NO2. The van der Waals surface area contributed by atoms with Crippen LogP contribution in [0.3, 0.4) is 0 Å². The van der Waals surface area contributed by atoms with Crippen molar-refractivity contribution in [1.29, 1.82) is 0 Å². The Labute approximate surface area is 83.8 Å². The average Bonchev–Trinajstić information content (AvgIpc) is 2.60. The molecule has 0 bridgehead atoms. The summed E-state index contributed by atoms with van der Waals surface area (Å²) in [4.78, 5) is 24.7. The molecule has 76 valence electrons. The van der Waals surface area contributed by atoms with Crippen molar-refractivity contribution in [2.75, 3.05) is 0 Å². The number of carbonyl (C=O) groups is 2. The van der Waals surface area contributed by atoms with Gasteiger partial charge in [-0.2, -0.15) is 0 Å². The number of carbonyl (C=O) groups excluding carboxylic acids is 2. The van der Waals surface area contributed by atoms with Gasteiger partial charge in [-0.05, 0) is 25.7 Å². The molecule has 3 heteroatoms. The molecular weight excluding hydrogens is 178 g/mol. The van der Waals surface area contributed by atoms with Crippen molar-refractivity contribution >= 4 is 11.8 Å². The third-order valence-corrected chi connectivity index (χ3v) is 3.28. The predicted octanol–water partition coefficient (Wildman–Crippen LogP) is 1.49. The van der Waals surface area contributed by atoms with E-state index in [0.29, 0.717) is 11.5 Å². The smallest absolute Gasteiger partial charge is 0.256 e. The molecule has 14 heavy (non-hydrogen) atoms. The summed E-state index contributed by atoms with van der Waals surface area (Å²) in [6.45, 7) is 3.83. The van der Waals surface area contributed by atoms with Crippen molar-refractivity contribution in [3.8, 4) is 0 Å². The van der Waals surface area contributed by atoms with Crippen LogP contribution in [0.25, 0.3) is 0 Å². The third kappa shape index (κ3) is 1.27. The Balaban J connectivity index is 2.20. The van der Waals surface area contributed by atoms with E-state index in [-0.39, 0.29) is 17.9 Å². The van der Waals surface area contributed by atoms with E-state index in [1.807, 2.05) is 0 Å². The van der Waals surface area contributed by atoms with Gasteiger partial charge in [-0.15, -0.1) is 0 Å². The van der Waals surface area contributed by atoms with E-state index >= 15 is 0 Å². The van der Waals surface area contributed by atoms with Gasteiger partial charge in [0.15, 0.2) is 0 Å². The number of amides is 2. The van der Waals surface area contributed by atoms with Crippen LogP contribution in [-0.4, -0.2) is 22.8 Å². The normalized spacial score (nSPS) is 32.7. The second-order valence-electron chi connectivity index (χ2n) is 4.32. The zero-order valence-electron chi connectivity index (χ0n) is 8.62. The number of hydrogen-bond acceptors (Lipinski definition) is 2. The molecule has 1 aliphatic carbocycles. The summed E-state index contributed by atoms with van der Waals surface area (Å²) in [5.41, 5.74) is 0.578. The van der Waals surface area contributed by atoms with Gasteiger partial charge < -0.3 is 0 Å². The molecule has 2 amide bonds. The number of hydrogen-bond donors (Lipinski definition) is 0. The lowest BCUT2D eigenvalue weighted by molar-refractivity contribution is -0.140. The number of imide groups is 1. The minimum atomic E-state index is -0.119. The molecule has 1 aliphatic heterocycles. The fourth-order valence-electron chi connectivity index (χ4n) is 2.43. The Morgan fingerprint density at radius 1 is 1.36 bits per heavy atom. The van der Waals surface area contributed by atoms with E-state index in [1.165, 1.54) is 11.0 Å². The molecule has 0 aromatic carbocycles. The van der Waals surface area contributed by atoms with Gasteiger partial charge in [-0.25, -0.2) is 0 Å². The van der Waals surface area contributed by atoms with Crippen LogP contribution in [0.2, 0.25) is 0 Å². The minimum Gasteiger partial charge on any atom is -0.272 e. The molecule has 0 N–H and O–H groups in total. The second kappa shape index (κ2) is 3.23. The highest BCUT2D eigenvalue weighted by Gasteiger charge is 2.38. The standard InChI is InChI=1S/C11H15NO2/c1-7-4-3-5-9(7)12-10(13)6-8(2)11(12)14/h6-7,9H,3-5H2,1-2H3. The van der Waals surface area contributed by atoms with Crippen LogP contribution >= 0.6 is 0 Å². The lowest BCUT2D eigenvalue weighted by Crippen LogP contribution is -2.41. The second-order valence-corrected chi connectivity index (χ2v) is 4.32. The van der Waals surface area contributed by atoms with Gasteiger partial charge in [-0.1, -0.05) is 13.3 Å². The maximum absolute atomic E-state index is 11.7. The largest absolute Gasteiger partial charge is 0.272 e. The summed E-state index contributed by atoms with van der Waals surface area (Å²) < 4.78 is 0. The summed E-state index contributed by atoms with van der Waals surface area (Å²) in [7, 11) is 0. The summed E-state index contributed by atoms with van der Waals surface area (Å²) in [5, 5.41) is 0. The maximum Gasteiger partial charge on any atom is 0.256 e. The van der Waals surface area contributed by atoms with E-state index in [4.69, 9.17) is 0 Å². The van der Waals surface area contributed by atoms with Crippen LogP contribution in [0.1, 0.15) is 33.1 Å². The Hall–Kier alpha value is -1.12. The van der Waals surface area contributed by atoms with Gasteiger partial charge in [0.25, 0.3) is 11.8 Å². The predicted molar refractivity (Wildman–Crippen MR) is 52.4 cm³/mol. The van der Waals surface area contributed by atoms with Crippen LogP contribution in [0.5, 0.6) is 0 Å². The maximum atomic E-state index is 11.7. The molecule has 0 spiro atoms. The SMILES string of the molecule is CC1=CC(=O)N(C2CCCC2C)C1=O. The Morgan fingerprint density at radius 2 is 2.07 bits per heavy atom. The third-order valence-electron chi connectivity index (χ3n) is 3.28. The zero-order valence-corrected chi connectivity index (χ0v) is 8.62. The average molecular weight is 193 g/mol. The van der Waals surface area contributed by atoms with E-state index in [0.717, 1.165) is 19.3 Å². The van der Waals surface area contributed by atoms with Crippen LogP contribution in [0, 0.1) is 5.92 Å². The fraction of sp³-hybridized carbons (Fsp3) is 0.636. The Kier molecular flexibility index (Phi) is 2.17. The van der Waals surface area contributed by atoms with Gasteiger partial charge in [0.2, 0.25) is 0 Å². The number of rotatable bonds is 1. The molecule has 2 aliphatic rings. The van der Waals surface area contributed by atoms with Crippen molar-refractivity contribution in [1.82, 2.24) is 4.90 Å². The summed E-state index contributed by atoms with van der Waals surface area (Å²) >= 11 is 0. The first-order valence-corrected chi connectivity index (χ1v) is 5.17. The van der Waals surface area contributed by atoms with Crippen LogP contribution < -0.4 is 0 Å². The topological polar surface area (TPSA) is 37.4 Å². The van der Waals surface area contributed by atoms with Crippen molar-refractivity contribution < 1.29 is 9.59 Å². The molecule has 2 unspecified atom stereocenters. The van der Waals surface area contributed by atoms with E-state index in [1.54, 1.807) is 6.92 Å². The molecule has 3 nitrogen and oxygen atoms in total. The molecule has 0 saturated heterocycles. The first-order chi connectivity index (χ1) is 6.61. The molecule has 2 rings (SSSR count). The van der Waals surface area contributed by atoms with Crippen molar-refractivity contribution in [3.63, 3.8) is 0 Å². The Bertz CT molecular complexity index is 319. The molecule has 0 radical (unpaired) electrons. The van der Waals surface area contributed by atoms with Crippen molar-refractivity contribution in [3.05, 3.63) is 11.6 Å². The summed E-state index contributed by atoms with van der Waals surface area (Å²) in [6, 6.07) is 0.142. The van der Waals surface area contributed by atoms with Gasteiger partial charge in [0.05, 0.1) is 0 Å². The molecule has 0 aromatic rings. The molecule has 1 heterocycles. The first kappa shape index (κ1) is 9.44. The van der Waals surface area contributed by atoms with Crippen molar-refractivity contribution in [2.45, 2.75) is 39.2 Å². The highest BCUT2D eigenvalue weighted by Crippen LogP contribution is 2.32. The summed E-state index contributed by atoms with van der Waals surface area (Å²) in [5.74, 6) is 0.252. The van der Waals surface area contributed by atoms with Crippen molar-refractivity contribution in [2.24, 2.45) is 5.92 Å². The van der Waals surface area contributed by atoms with E-state index in [2.05, 4.69) is 6.92 Å². The van der Waals surface area contributed by atoms with Crippen LogP contribution in [0.15, 0.2) is 11.6 Å². The quantitative estimate of drug-likeness (QED) is 0.592. The number of nitrogens with zero attached hydrogens (tertiary/aromatic N) is 1. The fourth-order valence-corrected chi connectivity index (χ4v) is 2.43. The Morgan fingerprint density at radius 3 is 2.50 bits per heavy atom. The van der Waals surface area contributed by atoms with E-state index in [9.17, 15) is 9.59 Å². The van der Waals surface area contributed by atoms with E-state index < -0.39 is 0 Å².